The molecule has 0 saturated heterocycles. The number of nitrogens with one attached hydrogen (secondary N) is 1. The zero-order chi connectivity index (χ0) is 17.0. The summed E-state index contributed by atoms with van der Waals surface area (Å²) in [7, 11) is 1.82. The van der Waals surface area contributed by atoms with Crippen molar-refractivity contribution >= 4 is 11.6 Å². The number of anilines is 1. The molecule has 130 valence electrons. The second-order valence-electron chi connectivity index (χ2n) is 8.36. The fourth-order valence-corrected chi connectivity index (χ4v) is 5.86. The highest BCUT2D eigenvalue weighted by Gasteiger charge is 2.54. The largest absolute Gasteiger partial charge is 0.326 e. The summed E-state index contributed by atoms with van der Waals surface area (Å²) in [4.78, 5) is 13.2. The van der Waals surface area contributed by atoms with Crippen LogP contribution in [0.15, 0.2) is 24.3 Å². The molecule has 0 aliphatic heterocycles. The van der Waals surface area contributed by atoms with E-state index in [1.165, 1.54) is 19.3 Å². The number of tetrazole rings is 1. The summed E-state index contributed by atoms with van der Waals surface area (Å²) in [6, 6.07) is 7.82. The van der Waals surface area contributed by atoms with Crippen molar-refractivity contribution in [3.63, 3.8) is 0 Å². The summed E-state index contributed by atoms with van der Waals surface area (Å²) in [5.41, 5.74) is 1.62. The van der Waals surface area contributed by atoms with Crippen LogP contribution >= 0.6 is 0 Å². The standard InChI is InChI=1S/C19H23N5O/c1-24-17(21-22-23-24)15-3-2-4-16(8-15)20-18(25)19-9-12-5-13(10-19)7-14(6-12)11-19/h2-4,8,12-14H,5-7,9-11H2,1H3,(H,20,25). The third kappa shape index (κ3) is 2.46. The molecule has 1 N–H and O–H groups in total. The molecule has 4 aliphatic carbocycles. The van der Waals surface area contributed by atoms with Crippen molar-refractivity contribution in [1.82, 2.24) is 20.2 Å². The van der Waals surface area contributed by atoms with Gasteiger partial charge in [-0.1, -0.05) is 12.1 Å². The van der Waals surface area contributed by atoms with Gasteiger partial charge in [0.25, 0.3) is 0 Å². The summed E-state index contributed by atoms with van der Waals surface area (Å²) in [6.07, 6.45) is 7.29. The van der Waals surface area contributed by atoms with Gasteiger partial charge in [0.2, 0.25) is 5.91 Å². The van der Waals surface area contributed by atoms with Crippen molar-refractivity contribution in [2.75, 3.05) is 5.32 Å². The Hall–Kier alpha value is -2.24. The quantitative estimate of drug-likeness (QED) is 0.934. The predicted octanol–water partition coefficient (Wildman–Crippen LogP) is 3.03. The Bertz CT molecular complexity index is 791. The summed E-state index contributed by atoms with van der Waals surface area (Å²) in [5, 5.41) is 14.8. The molecule has 0 unspecified atom stereocenters. The number of hydrogen-bond donors (Lipinski definition) is 1. The van der Waals surface area contributed by atoms with Crippen LogP contribution in [-0.2, 0) is 11.8 Å². The fraction of sp³-hybridized carbons (Fsp3) is 0.579. The first-order chi connectivity index (χ1) is 12.1. The first-order valence-corrected chi connectivity index (χ1v) is 9.25. The minimum absolute atomic E-state index is 0.128. The maximum Gasteiger partial charge on any atom is 0.230 e. The number of nitrogens with zero attached hydrogens (tertiary/aromatic N) is 4. The second kappa shape index (κ2) is 5.38. The van der Waals surface area contributed by atoms with E-state index in [9.17, 15) is 4.79 Å². The zero-order valence-corrected chi connectivity index (χ0v) is 14.5. The van der Waals surface area contributed by atoms with Crippen molar-refractivity contribution in [3.05, 3.63) is 24.3 Å². The highest BCUT2D eigenvalue weighted by atomic mass is 16.2. The number of aryl methyl sites for hydroxylation is 1. The topological polar surface area (TPSA) is 72.7 Å². The SMILES string of the molecule is Cn1nnnc1-c1cccc(NC(=O)C23CC4CC(CC(C4)C2)C3)c1. The normalized spacial score (nSPS) is 32.8. The fourth-order valence-electron chi connectivity index (χ4n) is 5.86. The molecule has 4 fully saturated rings. The number of benzene rings is 1. The van der Waals surface area contributed by atoms with Crippen LogP contribution in [0.4, 0.5) is 5.69 Å². The van der Waals surface area contributed by atoms with E-state index in [4.69, 9.17) is 0 Å². The number of hydrogen-bond acceptors (Lipinski definition) is 4. The van der Waals surface area contributed by atoms with Crippen LogP contribution in [0.25, 0.3) is 11.4 Å². The molecule has 1 aromatic heterocycles. The molecular weight excluding hydrogens is 314 g/mol. The maximum atomic E-state index is 13.2. The molecule has 1 amide bonds. The van der Waals surface area contributed by atoms with Crippen LogP contribution < -0.4 is 5.32 Å². The number of rotatable bonds is 3. The maximum absolute atomic E-state index is 13.2. The number of amides is 1. The van der Waals surface area contributed by atoms with E-state index in [0.29, 0.717) is 5.82 Å². The third-order valence-corrected chi connectivity index (χ3v) is 6.52. The second-order valence-corrected chi connectivity index (χ2v) is 8.36. The smallest absolute Gasteiger partial charge is 0.230 e. The van der Waals surface area contributed by atoms with Crippen molar-refractivity contribution in [1.29, 1.82) is 0 Å². The van der Waals surface area contributed by atoms with Gasteiger partial charge in [0, 0.05) is 18.3 Å². The van der Waals surface area contributed by atoms with Crippen LogP contribution in [0, 0.1) is 23.2 Å². The Kier molecular flexibility index (Phi) is 3.24. The van der Waals surface area contributed by atoms with E-state index in [2.05, 4.69) is 20.8 Å². The van der Waals surface area contributed by atoms with Crippen LogP contribution in [0.5, 0.6) is 0 Å². The van der Waals surface area contributed by atoms with Gasteiger partial charge in [-0.3, -0.25) is 4.79 Å². The van der Waals surface area contributed by atoms with Gasteiger partial charge in [-0.25, -0.2) is 4.68 Å². The molecule has 25 heavy (non-hydrogen) atoms. The number of aromatic nitrogens is 4. The summed E-state index contributed by atoms with van der Waals surface area (Å²) >= 11 is 0. The average molecular weight is 337 g/mol. The van der Waals surface area contributed by atoms with Gasteiger partial charge in [0.15, 0.2) is 5.82 Å². The Morgan fingerprint density at radius 2 is 1.84 bits per heavy atom. The monoisotopic (exact) mass is 337 g/mol. The molecule has 1 aromatic carbocycles. The average Bonchev–Trinajstić information content (AvgIpc) is 3.00. The molecule has 2 aromatic rings. The lowest BCUT2D eigenvalue weighted by molar-refractivity contribution is -0.140. The van der Waals surface area contributed by atoms with Crippen molar-refractivity contribution in [3.8, 4) is 11.4 Å². The van der Waals surface area contributed by atoms with Crippen molar-refractivity contribution < 1.29 is 4.79 Å². The summed E-state index contributed by atoms with van der Waals surface area (Å²) in [6.45, 7) is 0. The van der Waals surface area contributed by atoms with Gasteiger partial charge in [-0.15, -0.1) is 5.10 Å². The molecule has 6 heteroatoms. The van der Waals surface area contributed by atoms with Crippen molar-refractivity contribution in [2.24, 2.45) is 30.2 Å². The lowest BCUT2D eigenvalue weighted by atomic mass is 9.49. The molecular formula is C19H23N5O. The molecule has 4 bridgehead atoms. The molecule has 0 radical (unpaired) electrons. The Morgan fingerprint density at radius 3 is 2.44 bits per heavy atom. The highest BCUT2D eigenvalue weighted by molar-refractivity contribution is 5.96. The van der Waals surface area contributed by atoms with E-state index in [1.807, 2.05) is 31.3 Å². The molecule has 4 saturated carbocycles. The highest BCUT2D eigenvalue weighted by Crippen LogP contribution is 2.60. The van der Waals surface area contributed by atoms with E-state index in [0.717, 1.165) is 48.3 Å². The van der Waals surface area contributed by atoms with Crippen LogP contribution in [0.3, 0.4) is 0 Å². The Morgan fingerprint density at radius 1 is 1.16 bits per heavy atom. The van der Waals surface area contributed by atoms with Gasteiger partial charge in [0.1, 0.15) is 0 Å². The summed E-state index contributed by atoms with van der Waals surface area (Å²) in [5.74, 6) is 3.24. The molecule has 6 nitrogen and oxygen atoms in total. The molecule has 0 spiro atoms. The third-order valence-electron chi connectivity index (χ3n) is 6.52. The van der Waals surface area contributed by atoms with Gasteiger partial charge in [-0.2, -0.15) is 0 Å². The minimum atomic E-state index is -0.128. The van der Waals surface area contributed by atoms with E-state index in [1.54, 1.807) is 4.68 Å². The molecule has 4 aliphatic rings. The van der Waals surface area contributed by atoms with Gasteiger partial charge >= 0.3 is 0 Å². The lowest BCUT2D eigenvalue weighted by Gasteiger charge is -2.55. The lowest BCUT2D eigenvalue weighted by Crippen LogP contribution is -2.51. The zero-order valence-electron chi connectivity index (χ0n) is 14.5. The van der Waals surface area contributed by atoms with Gasteiger partial charge in [0.05, 0.1) is 5.41 Å². The molecule has 6 rings (SSSR count). The summed E-state index contributed by atoms with van der Waals surface area (Å²) < 4.78 is 1.64. The van der Waals surface area contributed by atoms with E-state index < -0.39 is 0 Å². The number of carbonyl (C=O) groups excluding carboxylic acids is 1. The van der Waals surface area contributed by atoms with Gasteiger partial charge < -0.3 is 5.32 Å². The van der Waals surface area contributed by atoms with E-state index >= 15 is 0 Å². The first-order valence-electron chi connectivity index (χ1n) is 9.25. The van der Waals surface area contributed by atoms with Crippen LogP contribution in [0.1, 0.15) is 38.5 Å². The number of carbonyl (C=O) groups is 1. The Balaban J connectivity index is 1.39. The first kappa shape index (κ1) is 15.0. The molecule has 1 heterocycles. The van der Waals surface area contributed by atoms with E-state index in [-0.39, 0.29) is 11.3 Å². The minimum Gasteiger partial charge on any atom is -0.326 e. The Labute approximate surface area is 147 Å². The van der Waals surface area contributed by atoms with Crippen molar-refractivity contribution in [2.45, 2.75) is 38.5 Å². The molecule has 0 atom stereocenters. The predicted molar refractivity (Wildman–Crippen MR) is 93.5 cm³/mol. The van der Waals surface area contributed by atoms with Gasteiger partial charge in [-0.05, 0) is 78.8 Å². The van der Waals surface area contributed by atoms with Crippen LogP contribution in [-0.4, -0.2) is 26.1 Å². The van der Waals surface area contributed by atoms with Crippen LogP contribution in [0.2, 0.25) is 0 Å².